The number of halogens is 2. The van der Waals surface area contributed by atoms with Gasteiger partial charge in [0.05, 0.1) is 6.54 Å². The minimum absolute atomic E-state index is 0. The summed E-state index contributed by atoms with van der Waals surface area (Å²) in [6.45, 7) is 5.89. The van der Waals surface area contributed by atoms with E-state index < -0.39 is 5.60 Å². The molecule has 1 fully saturated rings. The van der Waals surface area contributed by atoms with E-state index >= 15 is 0 Å². The first-order valence-corrected chi connectivity index (χ1v) is 7.42. The molecule has 6 heteroatoms. The number of likely N-dealkylation sites (tertiary alicyclic amines) is 1. The van der Waals surface area contributed by atoms with Gasteiger partial charge in [0.25, 0.3) is 0 Å². The molecule has 1 unspecified atom stereocenters. The minimum atomic E-state index is -1.15. The molecule has 3 N–H and O–H groups in total. The summed E-state index contributed by atoms with van der Waals surface area (Å²) in [4.78, 5) is 6.38. The number of hydrogen-bond acceptors (Lipinski definition) is 2. The molecular weight excluding hydrogens is 396 g/mol. The van der Waals surface area contributed by atoms with Gasteiger partial charge < -0.3 is 15.7 Å². The SMILES string of the molecule is CC1CCN(C(N)=NCC(C)(O)c2ccc(F)cc2)CC1.I. The van der Waals surface area contributed by atoms with Crippen LogP contribution in [0.25, 0.3) is 0 Å². The highest BCUT2D eigenvalue weighted by Crippen LogP contribution is 2.21. The van der Waals surface area contributed by atoms with E-state index in [2.05, 4.69) is 16.8 Å². The predicted molar refractivity (Wildman–Crippen MR) is 97.8 cm³/mol. The average molecular weight is 421 g/mol. The lowest BCUT2D eigenvalue weighted by Gasteiger charge is -2.31. The van der Waals surface area contributed by atoms with E-state index in [4.69, 9.17) is 5.73 Å². The van der Waals surface area contributed by atoms with Crippen LogP contribution >= 0.6 is 24.0 Å². The third-order valence-electron chi connectivity index (χ3n) is 4.12. The average Bonchev–Trinajstić information content (AvgIpc) is 2.46. The zero-order valence-electron chi connectivity index (χ0n) is 13.1. The van der Waals surface area contributed by atoms with Crippen LogP contribution in [-0.4, -0.2) is 35.6 Å². The normalized spacial score (nSPS) is 19.5. The number of nitrogens with two attached hydrogens (primary N) is 1. The van der Waals surface area contributed by atoms with Crippen molar-refractivity contribution < 1.29 is 9.50 Å². The zero-order chi connectivity index (χ0) is 15.5. The van der Waals surface area contributed by atoms with Gasteiger partial charge in [0, 0.05) is 13.1 Å². The summed E-state index contributed by atoms with van der Waals surface area (Å²) in [6, 6.07) is 5.82. The van der Waals surface area contributed by atoms with Crippen LogP contribution in [0.4, 0.5) is 4.39 Å². The molecule has 1 aromatic rings. The van der Waals surface area contributed by atoms with Crippen molar-refractivity contribution in [3.63, 3.8) is 0 Å². The molecule has 2 rings (SSSR count). The summed E-state index contributed by atoms with van der Waals surface area (Å²) in [5.74, 6) is 0.890. The zero-order valence-corrected chi connectivity index (χ0v) is 15.5. The molecule has 4 nitrogen and oxygen atoms in total. The molecule has 0 aromatic heterocycles. The number of nitrogens with zero attached hydrogens (tertiary/aromatic N) is 2. The Hall–Kier alpha value is -0.890. The molecule has 0 bridgehead atoms. The summed E-state index contributed by atoms with van der Waals surface area (Å²) in [7, 11) is 0. The Bertz CT molecular complexity index is 497. The van der Waals surface area contributed by atoms with Crippen molar-refractivity contribution in [1.29, 1.82) is 0 Å². The smallest absolute Gasteiger partial charge is 0.191 e. The molecule has 22 heavy (non-hydrogen) atoms. The molecule has 0 aliphatic carbocycles. The molecule has 1 aliphatic rings. The highest BCUT2D eigenvalue weighted by molar-refractivity contribution is 14.0. The maximum absolute atomic E-state index is 12.9. The van der Waals surface area contributed by atoms with Gasteiger partial charge in [-0.05, 0) is 43.4 Å². The topological polar surface area (TPSA) is 61.8 Å². The van der Waals surface area contributed by atoms with Gasteiger partial charge in [0.1, 0.15) is 11.4 Å². The van der Waals surface area contributed by atoms with Crippen LogP contribution in [0.3, 0.4) is 0 Å². The standard InChI is InChI=1S/C16H24FN3O.HI/c1-12-7-9-20(10-8-12)15(18)19-11-16(2,21)13-3-5-14(17)6-4-13;/h3-6,12,21H,7-11H2,1-2H3,(H2,18,19);1H. The number of aliphatic imine (C=N–C) groups is 1. The summed E-state index contributed by atoms with van der Waals surface area (Å²) in [6.07, 6.45) is 2.23. The van der Waals surface area contributed by atoms with Crippen LogP contribution in [0.2, 0.25) is 0 Å². The first-order valence-electron chi connectivity index (χ1n) is 7.42. The summed E-state index contributed by atoms with van der Waals surface area (Å²) >= 11 is 0. The molecule has 1 saturated heterocycles. The van der Waals surface area contributed by atoms with Gasteiger partial charge in [-0.25, -0.2) is 9.38 Å². The minimum Gasteiger partial charge on any atom is -0.384 e. The Morgan fingerprint density at radius 3 is 2.45 bits per heavy atom. The van der Waals surface area contributed by atoms with Crippen molar-refractivity contribution in [3.8, 4) is 0 Å². The predicted octanol–water partition coefficient (Wildman–Crippen LogP) is 2.70. The number of hydrogen-bond donors (Lipinski definition) is 2. The fourth-order valence-electron chi connectivity index (χ4n) is 2.47. The van der Waals surface area contributed by atoms with Gasteiger partial charge in [-0.2, -0.15) is 0 Å². The molecule has 1 aromatic carbocycles. The Balaban J connectivity index is 0.00000242. The lowest BCUT2D eigenvalue weighted by molar-refractivity contribution is 0.0669. The van der Waals surface area contributed by atoms with E-state index in [1.165, 1.54) is 12.1 Å². The molecule has 1 heterocycles. The lowest BCUT2D eigenvalue weighted by Crippen LogP contribution is -2.43. The van der Waals surface area contributed by atoms with Crippen LogP contribution < -0.4 is 5.73 Å². The van der Waals surface area contributed by atoms with Crippen molar-refractivity contribution in [2.75, 3.05) is 19.6 Å². The molecule has 0 saturated carbocycles. The van der Waals surface area contributed by atoms with Crippen molar-refractivity contribution >= 4 is 29.9 Å². The Morgan fingerprint density at radius 2 is 1.91 bits per heavy atom. The Labute approximate surface area is 148 Å². The maximum Gasteiger partial charge on any atom is 0.191 e. The summed E-state index contributed by atoms with van der Waals surface area (Å²) < 4.78 is 12.9. The molecule has 124 valence electrons. The maximum atomic E-state index is 12.9. The number of guanidine groups is 1. The van der Waals surface area contributed by atoms with Crippen LogP contribution in [-0.2, 0) is 5.60 Å². The van der Waals surface area contributed by atoms with Crippen LogP contribution in [0.15, 0.2) is 29.3 Å². The van der Waals surface area contributed by atoms with E-state index in [0.29, 0.717) is 11.5 Å². The van der Waals surface area contributed by atoms with Crippen LogP contribution in [0, 0.1) is 11.7 Å². The highest BCUT2D eigenvalue weighted by atomic mass is 127. The molecule has 1 atom stereocenters. The quantitative estimate of drug-likeness (QED) is 0.448. The van der Waals surface area contributed by atoms with Crippen molar-refractivity contribution in [1.82, 2.24) is 4.90 Å². The molecule has 0 spiro atoms. The third-order valence-corrected chi connectivity index (χ3v) is 4.12. The fourth-order valence-corrected chi connectivity index (χ4v) is 2.47. The molecule has 0 amide bonds. The molecule has 0 radical (unpaired) electrons. The van der Waals surface area contributed by atoms with E-state index in [1.807, 2.05) is 0 Å². The summed E-state index contributed by atoms with van der Waals surface area (Å²) in [5, 5.41) is 10.5. The summed E-state index contributed by atoms with van der Waals surface area (Å²) in [5.41, 5.74) is 5.49. The van der Waals surface area contributed by atoms with Crippen LogP contribution in [0.1, 0.15) is 32.3 Å². The van der Waals surface area contributed by atoms with Crippen molar-refractivity contribution in [3.05, 3.63) is 35.6 Å². The number of rotatable bonds is 3. The number of aliphatic hydroxyl groups is 1. The van der Waals surface area contributed by atoms with E-state index in [9.17, 15) is 9.50 Å². The van der Waals surface area contributed by atoms with Crippen molar-refractivity contribution in [2.24, 2.45) is 16.6 Å². The second-order valence-electron chi connectivity index (χ2n) is 6.12. The fraction of sp³-hybridized carbons (Fsp3) is 0.562. The number of piperidine rings is 1. The van der Waals surface area contributed by atoms with Gasteiger partial charge >= 0.3 is 0 Å². The second-order valence-corrected chi connectivity index (χ2v) is 6.12. The van der Waals surface area contributed by atoms with E-state index in [-0.39, 0.29) is 36.3 Å². The first kappa shape index (κ1) is 19.2. The van der Waals surface area contributed by atoms with Gasteiger partial charge in [-0.1, -0.05) is 19.1 Å². The lowest BCUT2D eigenvalue weighted by atomic mass is 9.96. The van der Waals surface area contributed by atoms with Crippen molar-refractivity contribution in [2.45, 2.75) is 32.3 Å². The Kier molecular flexibility index (Phi) is 7.05. The van der Waals surface area contributed by atoms with Gasteiger partial charge in [0.15, 0.2) is 5.96 Å². The largest absolute Gasteiger partial charge is 0.384 e. The second kappa shape index (κ2) is 8.10. The number of benzene rings is 1. The third kappa shape index (κ3) is 5.08. The van der Waals surface area contributed by atoms with Gasteiger partial charge in [0.2, 0.25) is 0 Å². The molecular formula is C16H25FIN3O. The molecule has 1 aliphatic heterocycles. The van der Waals surface area contributed by atoms with E-state index in [1.54, 1.807) is 19.1 Å². The monoisotopic (exact) mass is 421 g/mol. The first-order chi connectivity index (χ1) is 9.88. The van der Waals surface area contributed by atoms with Gasteiger partial charge in [-0.15, -0.1) is 24.0 Å². The van der Waals surface area contributed by atoms with Gasteiger partial charge in [-0.3, -0.25) is 0 Å². The Morgan fingerprint density at radius 1 is 1.36 bits per heavy atom. The highest BCUT2D eigenvalue weighted by Gasteiger charge is 2.24. The van der Waals surface area contributed by atoms with Crippen LogP contribution in [0.5, 0.6) is 0 Å². The van der Waals surface area contributed by atoms with E-state index in [0.717, 1.165) is 31.8 Å².